The molecule has 2 unspecified atom stereocenters. The van der Waals surface area contributed by atoms with E-state index in [0.29, 0.717) is 12.0 Å². The van der Waals surface area contributed by atoms with E-state index in [1.807, 2.05) is 19.9 Å². The highest BCUT2D eigenvalue weighted by atomic mass is 16.5. The van der Waals surface area contributed by atoms with Crippen LogP contribution in [0.4, 0.5) is 0 Å². The van der Waals surface area contributed by atoms with Crippen molar-refractivity contribution < 1.29 is 4.74 Å². The fourth-order valence-corrected chi connectivity index (χ4v) is 1.71. The third-order valence-electron chi connectivity index (χ3n) is 3.31. The van der Waals surface area contributed by atoms with Gasteiger partial charge in [-0.25, -0.2) is 4.98 Å². The van der Waals surface area contributed by atoms with Gasteiger partial charge in [0, 0.05) is 24.3 Å². The lowest BCUT2D eigenvalue weighted by Gasteiger charge is -2.21. The third-order valence-corrected chi connectivity index (χ3v) is 3.31. The summed E-state index contributed by atoms with van der Waals surface area (Å²) < 4.78 is 5.71. The Morgan fingerprint density at radius 1 is 1.28 bits per heavy atom. The summed E-state index contributed by atoms with van der Waals surface area (Å²) in [6.45, 7) is 11.6. The molecule has 0 aliphatic carbocycles. The molecule has 102 valence electrons. The van der Waals surface area contributed by atoms with E-state index in [-0.39, 0.29) is 6.10 Å². The number of ether oxygens (including phenoxy) is 1. The first-order chi connectivity index (χ1) is 8.54. The van der Waals surface area contributed by atoms with E-state index < -0.39 is 0 Å². The second-order valence-corrected chi connectivity index (χ2v) is 5.19. The van der Waals surface area contributed by atoms with Crippen LogP contribution in [-0.4, -0.2) is 17.1 Å². The fraction of sp³-hybridized carbons (Fsp3) is 0.667. The molecule has 3 heteroatoms. The highest BCUT2D eigenvalue weighted by Gasteiger charge is 2.11. The molecular weight excluding hydrogens is 224 g/mol. The molecule has 0 spiro atoms. The van der Waals surface area contributed by atoms with Crippen LogP contribution in [-0.2, 0) is 6.54 Å². The van der Waals surface area contributed by atoms with E-state index in [1.165, 1.54) is 6.42 Å². The van der Waals surface area contributed by atoms with Crippen LogP contribution in [0.25, 0.3) is 0 Å². The van der Waals surface area contributed by atoms with Crippen molar-refractivity contribution >= 4 is 0 Å². The monoisotopic (exact) mass is 250 g/mol. The van der Waals surface area contributed by atoms with Gasteiger partial charge in [-0.15, -0.1) is 0 Å². The van der Waals surface area contributed by atoms with Crippen molar-refractivity contribution in [2.75, 3.05) is 0 Å². The van der Waals surface area contributed by atoms with Gasteiger partial charge < -0.3 is 10.1 Å². The van der Waals surface area contributed by atoms with Gasteiger partial charge in [0.15, 0.2) is 0 Å². The Bertz CT molecular complexity index is 352. The third kappa shape index (κ3) is 4.65. The lowest BCUT2D eigenvalue weighted by molar-refractivity contribution is 0.229. The molecule has 1 aromatic rings. The number of aromatic nitrogens is 1. The van der Waals surface area contributed by atoms with Crippen LogP contribution in [0, 0.1) is 5.92 Å². The van der Waals surface area contributed by atoms with Crippen LogP contribution < -0.4 is 10.1 Å². The maximum Gasteiger partial charge on any atom is 0.218 e. The second kappa shape index (κ2) is 7.37. The van der Waals surface area contributed by atoms with Crippen LogP contribution in [0.15, 0.2) is 18.3 Å². The summed E-state index contributed by atoms with van der Waals surface area (Å²) in [7, 11) is 0. The summed E-state index contributed by atoms with van der Waals surface area (Å²) >= 11 is 0. The van der Waals surface area contributed by atoms with Crippen LogP contribution in [0.2, 0.25) is 0 Å². The molecule has 0 saturated heterocycles. The molecule has 0 saturated carbocycles. The molecule has 1 heterocycles. The average molecular weight is 250 g/mol. The molecule has 18 heavy (non-hydrogen) atoms. The normalized spacial score (nSPS) is 14.6. The SMILES string of the molecule is CCC(C)C(C)NCc1cccnc1OC(C)C. The highest BCUT2D eigenvalue weighted by Crippen LogP contribution is 2.16. The van der Waals surface area contributed by atoms with Crippen molar-refractivity contribution in [3.63, 3.8) is 0 Å². The van der Waals surface area contributed by atoms with E-state index in [0.717, 1.165) is 18.0 Å². The Labute approximate surface area is 111 Å². The molecule has 0 fully saturated rings. The molecule has 1 rings (SSSR count). The maximum atomic E-state index is 5.71. The largest absolute Gasteiger partial charge is 0.475 e. The number of nitrogens with one attached hydrogen (secondary N) is 1. The van der Waals surface area contributed by atoms with E-state index in [4.69, 9.17) is 4.74 Å². The summed E-state index contributed by atoms with van der Waals surface area (Å²) in [6.07, 6.45) is 3.13. The van der Waals surface area contributed by atoms with Gasteiger partial charge in [-0.05, 0) is 32.8 Å². The van der Waals surface area contributed by atoms with E-state index in [1.54, 1.807) is 6.20 Å². The van der Waals surface area contributed by atoms with Gasteiger partial charge in [-0.1, -0.05) is 26.3 Å². The first kappa shape index (κ1) is 15.0. The van der Waals surface area contributed by atoms with Crippen LogP contribution >= 0.6 is 0 Å². The van der Waals surface area contributed by atoms with Crippen molar-refractivity contribution in [2.24, 2.45) is 5.92 Å². The number of pyridine rings is 1. The molecule has 0 amide bonds. The Morgan fingerprint density at radius 2 is 2.00 bits per heavy atom. The van der Waals surface area contributed by atoms with Gasteiger partial charge >= 0.3 is 0 Å². The predicted octanol–water partition coefficient (Wildman–Crippen LogP) is 3.39. The molecular formula is C15H26N2O. The number of hydrogen-bond acceptors (Lipinski definition) is 3. The molecule has 0 aliphatic rings. The minimum Gasteiger partial charge on any atom is -0.475 e. The smallest absolute Gasteiger partial charge is 0.218 e. The Kier molecular flexibility index (Phi) is 6.13. The summed E-state index contributed by atoms with van der Waals surface area (Å²) in [5.41, 5.74) is 1.13. The minimum atomic E-state index is 0.158. The number of nitrogens with zero attached hydrogens (tertiary/aromatic N) is 1. The van der Waals surface area contributed by atoms with E-state index >= 15 is 0 Å². The van der Waals surface area contributed by atoms with Crippen LogP contribution in [0.1, 0.15) is 46.6 Å². The Hall–Kier alpha value is -1.09. The standard InChI is InChI=1S/C15H26N2O/c1-6-12(4)13(5)17-10-14-8-7-9-16-15(14)18-11(2)3/h7-9,11-13,17H,6,10H2,1-5H3. The first-order valence-electron chi connectivity index (χ1n) is 6.88. The van der Waals surface area contributed by atoms with E-state index in [9.17, 15) is 0 Å². The molecule has 0 radical (unpaired) electrons. The van der Waals surface area contributed by atoms with Crippen LogP contribution in [0.5, 0.6) is 5.88 Å². The molecule has 1 aromatic heterocycles. The Morgan fingerprint density at radius 3 is 2.61 bits per heavy atom. The quantitative estimate of drug-likeness (QED) is 0.805. The van der Waals surface area contributed by atoms with Gasteiger partial charge in [-0.3, -0.25) is 0 Å². The van der Waals surface area contributed by atoms with Crippen molar-refractivity contribution in [1.29, 1.82) is 0 Å². The zero-order valence-corrected chi connectivity index (χ0v) is 12.2. The van der Waals surface area contributed by atoms with Crippen molar-refractivity contribution in [1.82, 2.24) is 10.3 Å². The topological polar surface area (TPSA) is 34.2 Å². The zero-order chi connectivity index (χ0) is 13.5. The molecule has 0 aromatic carbocycles. The fourth-order valence-electron chi connectivity index (χ4n) is 1.71. The van der Waals surface area contributed by atoms with Crippen molar-refractivity contribution in [3.8, 4) is 5.88 Å². The average Bonchev–Trinajstić information content (AvgIpc) is 2.35. The molecule has 3 nitrogen and oxygen atoms in total. The number of rotatable bonds is 7. The highest BCUT2D eigenvalue weighted by molar-refractivity contribution is 5.25. The predicted molar refractivity (Wildman–Crippen MR) is 75.8 cm³/mol. The summed E-state index contributed by atoms with van der Waals surface area (Å²) in [4.78, 5) is 4.30. The lowest BCUT2D eigenvalue weighted by atomic mass is 10.0. The molecule has 2 atom stereocenters. The van der Waals surface area contributed by atoms with E-state index in [2.05, 4.69) is 37.1 Å². The Balaban J connectivity index is 2.61. The summed E-state index contributed by atoms with van der Waals surface area (Å²) in [5.74, 6) is 1.42. The van der Waals surface area contributed by atoms with Crippen molar-refractivity contribution in [3.05, 3.63) is 23.9 Å². The van der Waals surface area contributed by atoms with Gasteiger partial charge in [0.1, 0.15) is 0 Å². The minimum absolute atomic E-state index is 0.158. The van der Waals surface area contributed by atoms with Gasteiger partial charge in [-0.2, -0.15) is 0 Å². The molecule has 1 N–H and O–H groups in total. The van der Waals surface area contributed by atoms with Gasteiger partial charge in [0.25, 0.3) is 0 Å². The lowest BCUT2D eigenvalue weighted by Crippen LogP contribution is -2.31. The van der Waals surface area contributed by atoms with Gasteiger partial charge in [0.05, 0.1) is 6.10 Å². The zero-order valence-electron chi connectivity index (χ0n) is 12.2. The second-order valence-electron chi connectivity index (χ2n) is 5.19. The van der Waals surface area contributed by atoms with Crippen molar-refractivity contribution in [2.45, 2.75) is 59.7 Å². The maximum absolute atomic E-state index is 5.71. The molecule has 0 bridgehead atoms. The number of hydrogen-bond donors (Lipinski definition) is 1. The summed E-state index contributed by atoms with van der Waals surface area (Å²) in [6, 6.07) is 4.53. The first-order valence-corrected chi connectivity index (χ1v) is 6.88. The van der Waals surface area contributed by atoms with Gasteiger partial charge in [0.2, 0.25) is 5.88 Å². The van der Waals surface area contributed by atoms with Crippen LogP contribution in [0.3, 0.4) is 0 Å². The summed E-state index contributed by atoms with van der Waals surface area (Å²) in [5, 5.41) is 3.54. The molecule has 0 aliphatic heterocycles.